The second-order valence-corrected chi connectivity index (χ2v) is 6.72. The zero-order valence-corrected chi connectivity index (χ0v) is 15.9. The van der Waals surface area contributed by atoms with Crippen molar-refractivity contribution in [2.45, 2.75) is 31.6 Å². The molecule has 1 aliphatic rings. The number of alkyl halides is 3. The minimum atomic E-state index is -4.56. The van der Waals surface area contributed by atoms with Gasteiger partial charge in [0.2, 0.25) is 5.91 Å². The van der Waals surface area contributed by atoms with Crippen molar-refractivity contribution in [3.05, 3.63) is 46.6 Å². The molecule has 2 heterocycles. The first-order valence-electron chi connectivity index (χ1n) is 8.86. The molecular weight excluding hydrogens is 391 g/mol. The maximum atomic E-state index is 13.1. The standard InChI is InChI=1S/C19H20F3N3O4/c1-24-13(4-6-17(24)26)9-25-10-23-8-15(18(25)27)14-5-3-12(19(20,21)22)7-16(14)29-11-28-2/h3,5,7-8,10,13H,4,6,9,11H2,1-2H3. The van der Waals surface area contributed by atoms with E-state index in [2.05, 4.69) is 4.98 Å². The lowest BCUT2D eigenvalue weighted by Gasteiger charge is -2.21. The van der Waals surface area contributed by atoms with E-state index in [-0.39, 0.29) is 42.2 Å². The molecule has 0 saturated carbocycles. The third kappa shape index (κ3) is 4.42. The smallest absolute Gasteiger partial charge is 0.416 e. The van der Waals surface area contributed by atoms with Crippen LogP contribution in [0.2, 0.25) is 0 Å². The zero-order valence-electron chi connectivity index (χ0n) is 15.9. The predicted octanol–water partition coefficient (Wildman–Crippen LogP) is 2.53. The first kappa shape index (κ1) is 20.8. The Kier molecular flexibility index (Phi) is 5.92. The average Bonchev–Trinajstić information content (AvgIpc) is 2.99. The van der Waals surface area contributed by atoms with Gasteiger partial charge in [-0.25, -0.2) is 4.98 Å². The number of hydrogen-bond donors (Lipinski definition) is 0. The van der Waals surface area contributed by atoms with Crippen LogP contribution in [0.3, 0.4) is 0 Å². The summed E-state index contributed by atoms with van der Waals surface area (Å²) in [5.41, 5.74) is -1.06. The Morgan fingerprint density at radius 2 is 2.00 bits per heavy atom. The van der Waals surface area contributed by atoms with E-state index in [0.29, 0.717) is 12.8 Å². The maximum Gasteiger partial charge on any atom is 0.416 e. The molecule has 0 radical (unpaired) electrons. The Labute approximate surface area is 164 Å². The summed E-state index contributed by atoms with van der Waals surface area (Å²) in [7, 11) is 3.01. The van der Waals surface area contributed by atoms with Crippen LogP contribution in [0.1, 0.15) is 18.4 Å². The van der Waals surface area contributed by atoms with Crippen molar-refractivity contribution < 1.29 is 27.4 Å². The Balaban J connectivity index is 2.00. The van der Waals surface area contributed by atoms with Gasteiger partial charge in [-0.1, -0.05) is 0 Å². The molecule has 1 atom stereocenters. The number of rotatable bonds is 6. The molecule has 1 fully saturated rings. The fourth-order valence-electron chi connectivity index (χ4n) is 3.23. The number of nitrogens with zero attached hydrogens (tertiary/aromatic N) is 3. The summed E-state index contributed by atoms with van der Waals surface area (Å²) in [6.45, 7) is -0.0332. The molecular formula is C19H20F3N3O4. The number of methoxy groups -OCH3 is 1. The zero-order chi connectivity index (χ0) is 21.2. The molecule has 2 aromatic rings. The summed E-state index contributed by atoms with van der Waals surface area (Å²) in [4.78, 5) is 30.3. The van der Waals surface area contributed by atoms with Gasteiger partial charge in [0.25, 0.3) is 5.56 Å². The minimum Gasteiger partial charge on any atom is -0.467 e. The Morgan fingerprint density at radius 3 is 2.62 bits per heavy atom. The molecule has 1 aromatic heterocycles. The minimum absolute atomic E-state index is 0.00477. The fraction of sp³-hybridized carbons (Fsp3) is 0.421. The van der Waals surface area contributed by atoms with E-state index in [4.69, 9.17) is 9.47 Å². The van der Waals surface area contributed by atoms with E-state index < -0.39 is 17.3 Å². The van der Waals surface area contributed by atoms with E-state index in [9.17, 15) is 22.8 Å². The van der Waals surface area contributed by atoms with Gasteiger partial charge in [-0.3, -0.25) is 14.2 Å². The SMILES string of the molecule is COCOc1cc(C(F)(F)F)ccc1-c1cncn(CC2CCC(=O)N2C)c1=O. The van der Waals surface area contributed by atoms with E-state index in [0.717, 1.165) is 12.1 Å². The Morgan fingerprint density at radius 1 is 1.24 bits per heavy atom. The van der Waals surface area contributed by atoms with Crippen LogP contribution in [0.25, 0.3) is 11.1 Å². The lowest BCUT2D eigenvalue weighted by Crippen LogP contribution is -2.35. The number of hydrogen-bond acceptors (Lipinski definition) is 5. The Hall–Kier alpha value is -2.88. The first-order chi connectivity index (χ1) is 13.7. The number of halogens is 3. The van der Waals surface area contributed by atoms with Gasteiger partial charge >= 0.3 is 6.18 Å². The number of likely N-dealkylation sites (tertiary alicyclic amines) is 1. The van der Waals surface area contributed by atoms with Crippen LogP contribution in [0.15, 0.2) is 35.5 Å². The molecule has 1 aromatic carbocycles. The van der Waals surface area contributed by atoms with Crippen LogP contribution in [0.5, 0.6) is 5.75 Å². The molecule has 0 N–H and O–H groups in total. The van der Waals surface area contributed by atoms with Crippen molar-refractivity contribution in [3.63, 3.8) is 0 Å². The van der Waals surface area contributed by atoms with Crippen molar-refractivity contribution in [1.82, 2.24) is 14.5 Å². The van der Waals surface area contributed by atoms with Crippen molar-refractivity contribution in [2.24, 2.45) is 0 Å². The Bertz CT molecular complexity index is 958. The van der Waals surface area contributed by atoms with E-state index in [1.807, 2.05) is 0 Å². The normalized spacial score (nSPS) is 17.1. The van der Waals surface area contributed by atoms with E-state index >= 15 is 0 Å². The van der Waals surface area contributed by atoms with Gasteiger partial charge < -0.3 is 14.4 Å². The molecule has 10 heteroatoms. The molecule has 1 amide bonds. The van der Waals surface area contributed by atoms with Gasteiger partial charge in [0, 0.05) is 44.9 Å². The molecule has 3 rings (SSSR count). The lowest BCUT2D eigenvalue weighted by atomic mass is 10.0. The highest BCUT2D eigenvalue weighted by Crippen LogP contribution is 2.36. The van der Waals surface area contributed by atoms with Gasteiger partial charge in [-0.15, -0.1) is 0 Å². The van der Waals surface area contributed by atoms with Crippen molar-refractivity contribution in [2.75, 3.05) is 21.0 Å². The van der Waals surface area contributed by atoms with Crippen LogP contribution < -0.4 is 10.3 Å². The average molecular weight is 411 g/mol. The first-order valence-corrected chi connectivity index (χ1v) is 8.86. The summed E-state index contributed by atoms with van der Waals surface area (Å²) in [5, 5.41) is 0. The topological polar surface area (TPSA) is 73.7 Å². The number of amides is 1. The molecule has 0 bridgehead atoms. The number of aromatic nitrogens is 2. The van der Waals surface area contributed by atoms with Gasteiger partial charge in [-0.05, 0) is 24.6 Å². The summed E-state index contributed by atoms with van der Waals surface area (Å²) in [6, 6.07) is 2.75. The highest BCUT2D eigenvalue weighted by Gasteiger charge is 2.32. The molecule has 156 valence electrons. The summed E-state index contributed by atoms with van der Waals surface area (Å²) < 4.78 is 50.6. The second-order valence-electron chi connectivity index (χ2n) is 6.72. The molecule has 1 saturated heterocycles. The maximum absolute atomic E-state index is 13.1. The molecule has 0 aliphatic carbocycles. The van der Waals surface area contributed by atoms with Gasteiger partial charge in [0.05, 0.1) is 17.5 Å². The molecule has 29 heavy (non-hydrogen) atoms. The lowest BCUT2D eigenvalue weighted by molar-refractivity contribution is -0.137. The van der Waals surface area contributed by atoms with E-state index in [1.54, 1.807) is 11.9 Å². The number of carbonyl (C=O) groups excluding carboxylic acids is 1. The third-order valence-electron chi connectivity index (χ3n) is 4.87. The number of benzene rings is 1. The van der Waals surface area contributed by atoms with Gasteiger partial charge in [-0.2, -0.15) is 13.2 Å². The summed E-state index contributed by atoms with van der Waals surface area (Å²) >= 11 is 0. The van der Waals surface area contributed by atoms with Crippen LogP contribution in [-0.4, -0.2) is 47.4 Å². The van der Waals surface area contributed by atoms with Crippen molar-refractivity contribution >= 4 is 5.91 Å². The number of ether oxygens (including phenoxy) is 2. The monoisotopic (exact) mass is 411 g/mol. The third-order valence-corrected chi connectivity index (χ3v) is 4.87. The van der Waals surface area contributed by atoms with Gasteiger partial charge in [0.1, 0.15) is 5.75 Å². The summed E-state index contributed by atoms with van der Waals surface area (Å²) in [6.07, 6.45) is -0.892. The summed E-state index contributed by atoms with van der Waals surface area (Å²) in [5.74, 6) is -0.128. The van der Waals surface area contributed by atoms with Crippen LogP contribution in [0.4, 0.5) is 13.2 Å². The van der Waals surface area contributed by atoms with Crippen molar-refractivity contribution in [3.8, 4) is 16.9 Å². The van der Waals surface area contributed by atoms with E-state index in [1.165, 1.54) is 30.3 Å². The van der Waals surface area contributed by atoms with Crippen LogP contribution in [-0.2, 0) is 22.3 Å². The fourth-order valence-corrected chi connectivity index (χ4v) is 3.23. The second kappa shape index (κ2) is 8.24. The number of likely N-dealkylation sites (N-methyl/N-ethyl adjacent to an activating group) is 1. The van der Waals surface area contributed by atoms with Crippen LogP contribution in [0, 0.1) is 0 Å². The molecule has 1 aliphatic heterocycles. The number of carbonyl (C=O) groups is 1. The predicted molar refractivity (Wildman–Crippen MR) is 97.2 cm³/mol. The largest absolute Gasteiger partial charge is 0.467 e. The molecule has 0 spiro atoms. The quantitative estimate of drug-likeness (QED) is 0.683. The molecule has 7 nitrogen and oxygen atoms in total. The highest BCUT2D eigenvalue weighted by molar-refractivity contribution is 5.78. The molecule has 1 unspecified atom stereocenters. The van der Waals surface area contributed by atoms with Gasteiger partial charge in [0.15, 0.2) is 6.79 Å². The van der Waals surface area contributed by atoms with Crippen molar-refractivity contribution in [1.29, 1.82) is 0 Å². The highest BCUT2D eigenvalue weighted by atomic mass is 19.4. The van der Waals surface area contributed by atoms with Crippen LogP contribution >= 0.6 is 0 Å².